The van der Waals surface area contributed by atoms with Gasteiger partial charge in [-0.25, -0.2) is 9.97 Å². The molecule has 2 saturated heterocycles. The maximum Gasteiger partial charge on any atom is 0.257 e. The molecule has 7 heteroatoms. The molecule has 0 saturated carbocycles. The van der Waals surface area contributed by atoms with Crippen molar-refractivity contribution in [3.8, 4) is 0 Å². The van der Waals surface area contributed by atoms with Gasteiger partial charge in [-0.15, -0.1) is 0 Å². The number of thioether (sulfide) groups is 1. The molecular formula is C18H29N5OS. The van der Waals surface area contributed by atoms with E-state index in [1.807, 2.05) is 6.26 Å². The number of likely N-dealkylation sites (N-methyl/N-ethyl adjacent to an activating group) is 1. The Labute approximate surface area is 155 Å². The zero-order valence-electron chi connectivity index (χ0n) is 15.4. The zero-order valence-corrected chi connectivity index (χ0v) is 16.2. The first-order chi connectivity index (χ1) is 12.2. The number of piperazine rings is 1. The van der Waals surface area contributed by atoms with Gasteiger partial charge in [-0.3, -0.25) is 4.79 Å². The number of likely N-dealkylation sites (tertiary alicyclic amines) is 1. The highest BCUT2D eigenvalue weighted by molar-refractivity contribution is 7.98. The summed E-state index contributed by atoms with van der Waals surface area (Å²) in [6, 6.07) is 0.348. The number of hydrogen-bond donors (Lipinski definition) is 0. The van der Waals surface area contributed by atoms with Gasteiger partial charge in [-0.1, -0.05) is 11.8 Å². The molecule has 3 rings (SSSR count). The minimum atomic E-state index is 0.0933. The van der Waals surface area contributed by atoms with Crippen LogP contribution in [0.2, 0.25) is 0 Å². The van der Waals surface area contributed by atoms with E-state index in [0.717, 1.165) is 58.5 Å². The molecule has 0 aliphatic carbocycles. The first kappa shape index (κ1) is 18.6. The van der Waals surface area contributed by atoms with Crippen LogP contribution >= 0.6 is 11.8 Å². The maximum atomic E-state index is 12.9. The van der Waals surface area contributed by atoms with Gasteiger partial charge in [0.25, 0.3) is 5.91 Å². The lowest BCUT2D eigenvalue weighted by Crippen LogP contribution is -2.48. The van der Waals surface area contributed by atoms with Crippen LogP contribution < -0.4 is 0 Å². The van der Waals surface area contributed by atoms with Gasteiger partial charge in [-0.05, 0) is 39.0 Å². The highest BCUT2D eigenvalue weighted by atomic mass is 32.2. The molecule has 0 radical (unpaired) electrons. The number of nitrogens with zero attached hydrogens (tertiary/aromatic N) is 5. The molecule has 138 valence electrons. The molecule has 0 bridgehead atoms. The first-order valence-corrected chi connectivity index (χ1v) is 10.5. The third-order valence-corrected chi connectivity index (χ3v) is 5.90. The van der Waals surface area contributed by atoms with Crippen LogP contribution in [0.15, 0.2) is 17.6 Å². The van der Waals surface area contributed by atoms with Gasteiger partial charge in [0.2, 0.25) is 0 Å². The van der Waals surface area contributed by atoms with Crippen LogP contribution in [0.5, 0.6) is 0 Å². The van der Waals surface area contributed by atoms with E-state index in [1.54, 1.807) is 12.4 Å². The molecule has 25 heavy (non-hydrogen) atoms. The molecule has 2 fully saturated rings. The fourth-order valence-electron chi connectivity index (χ4n) is 3.67. The van der Waals surface area contributed by atoms with Crippen molar-refractivity contribution in [1.82, 2.24) is 24.7 Å². The molecule has 3 heterocycles. The van der Waals surface area contributed by atoms with Crippen LogP contribution in [0.3, 0.4) is 0 Å². The van der Waals surface area contributed by atoms with Gasteiger partial charge in [0.05, 0.1) is 5.56 Å². The average molecular weight is 364 g/mol. The van der Waals surface area contributed by atoms with Gasteiger partial charge in [0.15, 0.2) is 5.16 Å². The summed E-state index contributed by atoms with van der Waals surface area (Å²) in [7, 11) is 2.18. The Bertz CT molecular complexity index is 559. The fourth-order valence-corrected chi connectivity index (χ4v) is 3.99. The van der Waals surface area contributed by atoms with E-state index in [4.69, 9.17) is 0 Å². The van der Waals surface area contributed by atoms with Crippen LogP contribution in [0, 0.1) is 0 Å². The Morgan fingerprint density at radius 2 is 1.88 bits per heavy atom. The number of amides is 1. The maximum absolute atomic E-state index is 12.9. The van der Waals surface area contributed by atoms with Crippen molar-refractivity contribution >= 4 is 17.7 Å². The molecule has 1 atom stereocenters. The number of piperidine rings is 1. The molecule has 2 aliphatic heterocycles. The second-order valence-corrected chi connectivity index (χ2v) is 7.81. The highest BCUT2D eigenvalue weighted by Crippen LogP contribution is 2.22. The van der Waals surface area contributed by atoms with Gasteiger partial charge >= 0.3 is 0 Å². The minimum Gasteiger partial charge on any atom is -0.336 e. The van der Waals surface area contributed by atoms with Gasteiger partial charge in [-0.2, -0.15) is 0 Å². The summed E-state index contributed by atoms with van der Waals surface area (Å²) in [5.74, 6) is 0.0933. The van der Waals surface area contributed by atoms with E-state index < -0.39 is 0 Å². The van der Waals surface area contributed by atoms with Gasteiger partial charge in [0.1, 0.15) is 0 Å². The predicted octanol–water partition coefficient (Wildman–Crippen LogP) is 1.83. The van der Waals surface area contributed by atoms with Crippen molar-refractivity contribution in [2.24, 2.45) is 0 Å². The Morgan fingerprint density at radius 3 is 2.56 bits per heavy atom. The Hall–Kier alpha value is -1.18. The second kappa shape index (κ2) is 8.96. The van der Waals surface area contributed by atoms with Crippen LogP contribution in [0.1, 0.15) is 36.0 Å². The van der Waals surface area contributed by atoms with E-state index in [1.165, 1.54) is 18.2 Å². The van der Waals surface area contributed by atoms with E-state index in [-0.39, 0.29) is 5.91 Å². The Morgan fingerprint density at radius 1 is 1.16 bits per heavy atom. The Balaban J connectivity index is 1.58. The number of aromatic nitrogens is 2. The van der Waals surface area contributed by atoms with E-state index in [2.05, 4.69) is 31.7 Å². The lowest BCUT2D eigenvalue weighted by atomic mass is 9.98. The molecular weight excluding hydrogens is 334 g/mol. The number of hydrogen-bond acceptors (Lipinski definition) is 6. The summed E-state index contributed by atoms with van der Waals surface area (Å²) in [4.78, 5) is 28.4. The molecule has 0 spiro atoms. The number of carbonyl (C=O) groups is 1. The number of carbonyl (C=O) groups excluding carboxylic acids is 1. The van der Waals surface area contributed by atoms with Crippen LogP contribution in [0.25, 0.3) is 0 Å². The quantitative estimate of drug-likeness (QED) is 0.588. The van der Waals surface area contributed by atoms with Gasteiger partial charge < -0.3 is 14.7 Å². The van der Waals surface area contributed by atoms with Crippen molar-refractivity contribution in [1.29, 1.82) is 0 Å². The molecule has 1 aromatic heterocycles. The Kier molecular flexibility index (Phi) is 6.67. The fraction of sp³-hybridized carbons (Fsp3) is 0.722. The van der Waals surface area contributed by atoms with E-state index >= 15 is 0 Å². The molecule has 0 unspecified atom stereocenters. The minimum absolute atomic E-state index is 0.0933. The molecule has 0 N–H and O–H groups in total. The summed E-state index contributed by atoms with van der Waals surface area (Å²) in [5.41, 5.74) is 0.615. The van der Waals surface area contributed by atoms with Crippen LogP contribution in [-0.2, 0) is 0 Å². The van der Waals surface area contributed by atoms with E-state index in [9.17, 15) is 4.79 Å². The normalized spacial score (nSPS) is 23.0. The number of rotatable bonds is 5. The lowest BCUT2D eigenvalue weighted by Gasteiger charge is -2.38. The van der Waals surface area contributed by atoms with Crippen molar-refractivity contribution < 1.29 is 4.79 Å². The predicted molar refractivity (Wildman–Crippen MR) is 101 cm³/mol. The monoisotopic (exact) mass is 363 g/mol. The van der Waals surface area contributed by atoms with Crippen LogP contribution in [0.4, 0.5) is 0 Å². The summed E-state index contributed by atoms with van der Waals surface area (Å²) >= 11 is 1.49. The van der Waals surface area contributed by atoms with Crippen LogP contribution in [-0.4, -0.2) is 89.2 Å². The van der Waals surface area contributed by atoms with E-state index in [0.29, 0.717) is 16.8 Å². The molecule has 1 aromatic rings. The first-order valence-electron chi connectivity index (χ1n) is 9.25. The van der Waals surface area contributed by atoms with Crippen molar-refractivity contribution in [3.63, 3.8) is 0 Å². The standard InChI is InChI=1S/C18H29N5OS/c1-21-9-11-22(12-10-21)8-6-16-5-3-4-7-23(16)17(24)15-13-19-18(25-2)20-14-15/h13-14,16H,3-12H2,1-2H3/t16-/m0/s1. The molecule has 1 amide bonds. The molecule has 6 nitrogen and oxygen atoms in total. The largest absolute Gasteiger partial charge is 0.336 e. The van der Waals surface area contributed by atoms with Crippen molar-refractivity contribution in [2.75, 3.05) is 52.6 Å². The summed E-state index contributed by atoms with van der Waals surface area (Å²) < 4.78 is 0. The van der Waals surface area contributed by atoms with Gasteiger partial charge in [0, 0.05) is 57.7 Å². The zero-order chi connectivity index (χ0) is 17.6. The lowest BCUT2D eigenvalue weighted by molar-refractivity contribution is 0.0568. The summed E-state index contributed by atoms with van der Waals surface area (Å²) in [5, 5.41) is 0.710. The summed E-state index contributed by atoms with van der Waals surface area (Å²) in [6.07, 6.45) is 9.79. The second-order valence-electron chi connectivity index (χ2n) is 7.04. The topological polar surface area (TPSA) is 52.6 Å². The van der Waals surface area contributed by atoms with Crippen molar-refractivity contribution in [3.05, 3.63) is 18.0 Å². The average Bonchev–Trinajstić information content (AvgIpc) is 2.67. The van der Waals surface area contributed by atoms with Crippen molar-refractivity contribution in [2.45, 2.75) is 36.9 Å². The smallest absolute Gasteiger partial charge is 0.257 e. The molecule has 0 aromatic carbocycles. The third-order valence-electron chi connectivity index (χ3n) is 5.32. The molecule has 2 aliphatic rings. The summed E-state index contributed by atoms with van der Waals surface area (Å²) in [6.45, 7) is 6.52. The SMILES string of the molecule is CSc1ncc(C(=O)N2CCCC[C@H]2CCN2CCN(C)CC2)cn1. The highest BCUT2D eigenvalue weighted by Gasteiger charge is 2.28. The third kappa shape index (κ3) is 4.92.